The van der Waals surface area contributed by atoms with Crippen molar-refractivity contribution < 1.29 is 4.79 Å². The molecule has 0 spiro atoms. The number of thiazole rings is 1. The van der Waals surface area contributed by atoms with Crippen LogP contribution in [0.2, 0.25) is 10.0 Å². The zero-order valence-electron chi connectivity index (χ0n) is 14.4. The quantitative estimate of drug-likeness (QED) is 0.522. The molecule has 26 heavy (non-hydrogen) atoms. The van der Waals surface area contributed by atoms with Crippen LogP contribution in [0.5, 0.6) is 0 Å². The fraction of sp³-hybridized carbons (Fsp3) is 0.200. The van der Waals surface area contributed by atoms with Gasteiger partial charge in [0.1, 0.15) is 0 Å². The first-order valence-corrected chi connectivity index (χ1v) is 9.88. The van der Waals surface area contributed by atoms with Crippen LogP contribution in [-0.4, -0.2) is 10.9 Å². The summed E-state index contributed by atoms with van der Waals surface area (Å²) in [5.74, 6) is 0.257. The van der Waals surface area contributed by atoms with E-state index in [1.807, 2.05) is 5.38 Å². The second-order valence-corrected chi connectivity index (χ2v) is 8.06. The van der Waals surface area contributed by atoms with Crippen molar-refractivity contribution in [3.63, 3.8) is 0 Å². The lowest BCUT2D eigenvalue weighted by molar-refractivity contribution is 0.102. The number of carbonyl (C=O) groups is 1. The first-order chi connectivity index (χ1) is 12.4. The van der Waals surface area contributed by atoms with Crippen LogP contribution in [0.1, 0.15) is 29.8 Å². The van der Waals surface area contributed by atoms with Crippen molar-refractivity contribution in [2.75, 3.05) is 5.32 Å². The highest BCUT2D eigenvalue weighted by Gasteiger charge is 2.16. The topological polar surface area (TPSA) is 42.0 Å². The summed E-state index contributed by atoms with van der Waals surface area (Å²) in [6, 6.07) is 13.3. The molecule has 0 aliphatic rings. The number of hydrogen-bond donors (Lipinski definition) is 1. The Balaban J connectivity index is 1.75. The van der Waals surface area contributed by atoms with Crippen LogP contribution in [0.4, 0.5) is 5.13 Å². The number of amides is 1. The maximum Gasteiger partial charge on any atom is 0.260 e. The maximum atomic E-state index is 12.4. The average molecular weight is 405 g/mol. The molecule has 1 N–H and O–H groups in total. The number of aromatic nitrogens is 1. The Hall–Kier alpha value is -1.88. The van der Waals surface area contributed by atoms with Crippen molar-refractivity contribution >= 4 is 45.6 Å². The lowest BCUT2D eigenvalue weighted by atomic mass is 10.0. The number of anilines is 1. The molecule has 134 valence electrons. The van der Waals surface area contributed by atoms with Crippen molar-refractivity contribution in [3.05, 3.63) is 69.0 Å². The molecule has 0 radical (unpaired) electrons. The lowest BCUT2D eigenvalue weighted by Crippen LogP contribution is -2.12. The van der Waals surface area contributed by atoms with Gasteiger partial charge >= 0.3 is 0 Å². The summed E-state index contributed by atoms with van der Waals surface area (Å²) in [5.41, 5.74) is 3.41. The smallest absolute Gasteiger partial charge is 0.260 e. The SMILES string of the molecule is CC(C)Cc1ccc(-c2csc(NC(=O)c3c(Cl)cccc3Cl)n2)cc1. The Labute approximate surface area is 167 Å². The summed E-state index contributed by atoms with van der Waals surface area (Å²) in [7, 11) is 0. The van der Waals surface area contributed by atoms with Crippen LogP contribution in [0.25, 0.3) is 11.3 Å². The molecule has 0 aliphatic heterocycles. The second kappa shape index (κ2) is 8.21. The zero-order chi connectivity index (χ0) is 18.7. The third-order valence-electron chi connectivity index (χ3n) is 3.81. The molecule has 3 nitrogen and oxygen atoms in total. The summed E-state index contributed by atoms with van der Waals surface area (Å²) in [4.78, 5) is 16.9. The molecule has 6 heteroatoms. The molecule has 0 aliphatic carbocycles. The van der Waals surface area contributed by atoms with Crippen molar-refractivity contribution in [1.29, 1.82) is 0 Å². The number of hydrogen-bond acceptors (Lipinski definition) is 3. The number of nitrogens with one attached hydrogen (secondary N) is 1. The minimum Gasteiger partial charge on any atom is -0.298 e. The number of carbonyl (C=O) groups excluding carboxylic acids is 1. The highest BCUT2D eigenvalue weighted by Crippen LogP contribution is 2.28. The van der Waals surface area contributed by atoms with Gasteiger partial charge in [-0.3, -0.25) is 10.1 Å². The number of halogens is 2. The third kappa shape index (κ3) is 4.44. The molecule has 3 aromatic rings. The minimum atomic E-state index is -0.367. The number of rotatable bonds is 5. The van der Waals surface area contributed by atoms with E-state index in [0.29, 0.717) is 21.1 Å². The van der Waals surface area contributed by atoms with E-state index in [-0.39, 0.29) is 11.5 Å². The molecule has 0 unspecified atom stereocenters. The van der Waals surface area contributed by atoms with Crippen molar-refractivity contribution in [3.8, 4) is 11.3 Å². The maximum absolute atomic E-state index is 12.4. The van der Waals surface area contributed by atoms with Crippen molar-refractivity contribution in [2.24, 2.45) is 5.92 Å². The Bertz CT molecular complexity index is 900. The molecule has 3 rings (SSSR count). The van der Waals surface area contributed by atoms with E-state index in [1.54, 1.807) is 18.2 Å². The number of nitrogens with zero attached hydrogens (tertiary/aromatic N) is 1. The van der Waals surface area contributed by atoms with Gasteiger partial charge in [0, 0.05) is 10.9 Å². The van der Waals surface area contributed by atoms with Crippen LogP contribution >= 0.6 is 34.5 Å². The summed E-state index contributed by atoms with van der Waals surface area (Å²) in [5, 5.41) is 5.82. The molecule has 0 fully saturated rings. The molecule has 1 amide bonds. The molecule has 1 heterocycles. The Morgan fingerprint density at radius 1 is 1.12 bits per heavy atom. The number of benzene rings is 2. The van der Waals surface area contributed by atoms with Crippen LogP contribution in [0.15, 0.2) is 47.8 Å². The highest BCUT2D eigenvalue weighted by atomic mass is 35.5. The van der Waals surface area contributed by atoms with Gasteiger partial charge in [-0.15, -0.1) is 11.3 Å². The minimum absolute atomic E-state index is 0.255. The van der Waals surface area contributed by atoms with Gasteiger partial charge in [0.05, 0.1) is 21.3 Å². The molecule has 2 aromatic carbocycles. The standard InChI is InChI=1S/C20H18Cl2N2OS/c1-12(2)10-13-6-8-14(9-7-13)17-11-26-20(23-17)24-19(25)18-15(21)4-3-5-16(18)22/h3-9,11-12H,10H2,1-2H3,(H,23,24,25). The van der Waals surface area contributed by atoms with Gasteiger partial charge in [-0.2, -0.15) is 0 Å². The molecule has 0 saturated carbocycles. The van der Waals surface area contributed by atoms with Gasteiger partial charge in [-0.25, -0.2) is 4.98 Å². The summed E-state index contributed by atoms with van der Waals surface area (Å²) >= 11 is 13.5. The molecular formula is C20H18Cl2N2OS. The third-order valence-corrected chi connectivity index (χ3v) is 5.20. The molecule has 0 atom stereocenters. The average Bonchev–Trinajstić information content (AvgIpc) is 3.03. The van der Waals surface area contributed by atoms with Gasteiger partial charge in [-0.1, -0.05) is 67.4 Å². The summed E-state index contributed by atoms with van der Waals surface area (Å²) < 4.78 is 0. The lowest BCUT2D eigenvalue weighted by Gasteiger charge is -2.06. The Morgan fingerprint density at radius 3 is 2.38 bits per heavy atom. The summed E-state index contributed by atoms with van der Waals surface area (Å²) in [6.07, 6.45) is 1.05. The van der Waals surface area contributed by atoms with Gasteiger partial charge in [0.2, 0.25) is 0 Å². The van der Waals surface area contributed by atoms with E-state index in [1.165, 1.54) is 16.9 Å². The Morgan fingerprint density at radius 2 is 1.77 bits per heavy atom. The van der Waals surface area contributed by atoms with Crippen molar-refractivity contribution in [1.82, 2.24) is 4.98 Å². The van der Waals surface area contributed by atoms with E-state index >= 15 is 0 Å². The summed E-state index contributed by atoms with van der Waals surface area (Å²) in [6.45, 7) is 4.41. The van der Waals surface area contributed by atoms with Crippen LogP contribution < -0.4 is 5.32 Å². The van der Waals surface area contributed by atoms with E-state index in [0.717, 1.165) is 17.7 Å². The highest BCUT2D eigenvalue weighted by molar-refractivity contribution is 7.14. The van der Waals surface area contributed by atoms with Crippen LogP contribution in [-0.2, 0) is 6.42 Å². The van der Waals surface area contributed by atoms with Gasteiger partial charge < -0.3 is 0 Å². The van der Waals surface area contributed by atoms with E-state index in [4.69, 9.17) is 23.2 Å². The Kier molecular flexibility index (Phi) is 5.97. The van der Waals surface area contributed by atoms with Gasteiger partial charge in [0.15, 0.2) is 5.13 Å². The normalized spacial score (nSPS) is 11.0. The molecule has 0 bridgehead atoms. The van der Waals surface area contributed by atoms with Crippen LogP contribution in [0.3, 0.4) is 0 Å². The van der Waals surface area contributed by atoms with E-state index in [9.17, 15) is 4.79 Å². The first kappa shape index (κ1) is 18.9. The molecular weight excluding hydrogens is 387 g/mol. The predicted octanol–water partition coefficient (Wildman–Crippen LogP) is 6.57. The van der Waals surface area contributed by atoms with E-state index < -0.39 is 0 Å². The van der Waals surface area contributed by atoms with Gasteiger partial charge in [-0.05, 0) is 30.0 Å². The predicted molar refractivity (Wildman–Crippen MR) is 111 cm³/mol. The van der Waals surface area contributed by atoms with Gasteiger partial charge in [0.25, 0.3) is 5.91 Å². The fourth-order valence-corrected chi connectivity index (χ4v) is 3.90. The van der Waals surface area contributed by atoms with Crippen LogP contribution in [0, 0.1) is 5.92 Å². The molecule has 0 saturated heterocycles. The second-order valence-electron chi connectivity index (χ2n) is 6.38. The first-order valence-electron chi connectivity index (χ1n) is 8.24. The zero-order valence-corrected chi connectivity index (χ0v) is 16.8. The van der Waals surface area contributed by atoms with Crippen molar-refractivity contribution in [2.45, 2.75) is 20.3 Å². The molecule has 1 aromatic heterocycles. The largest absolute Gasteiger partial charge is 0.298 e. The fourth-order valence-electron chi connectivity index (χ4n) is 2.62. The van der Waals surface area contributed by atoms with E-state index in [2.05, 4.69) is 48.4 Å². The monoisotopic (exact) mass is 404 g/mol.